The minimum Gasteiger partial charge on any atom is -0.375 e. The van der Waals surface area contributed by atoms with Gasteiger partial charge in [-0.1, -0.05) is 50.0 Å². The fourth-order valence-electron chi connectivity index (χ4n) is 1.55. The van der Waals surface area contributed by atoms with Gasteiger partial charge in [0.1, 0.15) is 0 Å². The van der Waals surface area contributed by atoms with Crippen LogP contribution in [0.25, 0.3) is 0 Å². The Kier molecular flexibility index (Phi) is 6.88. The maximum atomic E-state index is 11.8. The van der Waals surface area contributed by atoms with Crippen molar-refractivity contribution in [3.8, 4) is 0 Å². The molecule has 0 saturated carbocycles. The van der Waals surface area contributed by atoms with Gasteiger partial charge in [0.15, 0.2) is 0 Å². The molecular formula is C14H25NO3SSi. The smallest absolute Gasteiger partial charge is 0.211 e. The van der Waals surface area contributed by atoms with Crippen LogP contribution in [0.5, 0.6) is 0 Å². The molecule has 0 amide bonds. The van der Waals surface area contributed by atoms with Crippen LogP contribution in [0.3, 0.4) is 0 Å². The summed E-state index contributed by atoms with van der Waals surface area (Å²) >= 11 is 0. The molecule has 0 heterocycles. The topological polar surface area (TPSA) is 55.4 Å². The van der Waals surface area contributed by atoms with Crippen LogP contribution in [0.4, 0.5) is 0 Å². The van der Waals surface area contributed by atoms with Gasteiger partial charge in [0.05, 0.1) is 19.0 Å². The van der Waals surface area contributed by atoms with E-state index in [1.165, 1.54) is 0 Å². The Morgan fingerprint density at radius 3 is 2.40 bits per heavy atom. The molecule has 1 aromatic rings. The first-order chi connectivity index (χ1) is 9.29. The summed E-state index contributed by atoms with van der Waals surface area (Å²) < 4.78 is 31.6. The molecule has 6 heteroatoms. The Hall–Kier alpha value is -0.693. The molecule has 0 atom stereocenters. The maximum Gasteiger partial charge on any atom is 0.211 e. The average molecular weight is 316 g/mol. The third kappa shape index (κ3) is 8.47. The lowest BCUT2D eigenvalue weighted by Crippen LogP contribution is -2.33. The van der Waals surface area contributed by atoms with E-state index in [2.05, 4.69) is 24.4 Å². The highest BCUT2D eigenvalue weighted by atomic mass is 32.2. The van der Waals surface area contributed by atoms with Crippen LogP contribution in [0, 0.1) is 0 Å². The number of sulfonamides is 1. The van der Waals surface area contributed by atoms with Crippen molar-refractivity contribution >= 4 is 18.1 Å². The predicted octanol–water partition coefficient (Wildman–Crippen LogP) is 2.46. The zero-order valence-corrected chi connectivity index (χ0v) is 14.4. The minimum absolute atomic E-state index is 0.224. The van der Waals surface area contributed by atoms with Crippen LogP contribution in [0.15, 0.2) is 30.3 Å². The Morgan fingerprint density at radius 2 is 1.80 bits per heavy atom. The second kappa shape index (κ2) is 7.92. The van der Waals surface area contributed by atoms with Crippen molar-refractivity contribution in [2.45, 2.75) is 32.3 Å². The molecule has 0 aromatic heterocycles. The van der Waals surface area contributed by atoms with E-state index in [0.29, 0.717) is 19.8 Å². The Bertz CT molecular complexity index is 483. The molecule has 0 radical (unpaired) electrons. The fourth-order valence-corrected chi connectivity index (χ4v) is 5.61. The van der Waals surface area contributed by atoms with Crippen LogP contribution in [0.1, 0.15) is 5.56 Å². The van der Waals surface area contributed by atoms with Crippen molar-refractivity contribution in [2.75, 3.05) is 18.9 Å². The van der Waals surface area contributed by atoms with Crippen molar-refractivity contribution < 1.29 is 13.2 Å². The molecule has 0 aliphatic rings. The molecule has 0 aliphatic carbocycles. The van der Waals surface area contributed by atoms with Crippen molar-refractivity contribution in [2.24, 2.45) is 0 Å². The molecule has 0 saturated heterocycles. The number of hydrogen-bond acceptors (Lipinski definition) is 3. The van der Waals surface area contributed by atoms with Crippen LogP contribution in [-0.4, -0.2) is 35.4 Å². The van der Waals surface area contributed by atoms with Crippen molar-refractivity contribution in [1.82, 2.24) is 4.72 Å². The number of hydrogen-bond donors (Lipinski definition) is 1. The SMILES string of the molecule is C[Si](C)(C)CCS(=O)(=O)NCCOCc1ccccc1. The maximum absolute atomic E-state index is 11.8. The second-order valence-electron chi connectivity index (χ2n) is 6.06. The Morgan fingerprint density at radius 1 is 1.15 bits per heavy atom. The van der Waals surface area contributed by atoms with Gasteiger partial charge in [-0.25, -0.2) is 13.1 Å². The van der Waals surface area contributed by atoms with Gasteiger partial charge in [-0.3, -0.25) is 0 Å². The van der Waals surface area contributed by atoms with E-state index in [4.69, 9.17) is 4.74 Å². The van der Waals surface area contributed by atoms with Gasteiger partial charge in [-0.15, -0.1) is 0 Å². The highest BCUT2D eigenvalue weighted by molar-refractivity contribution is 7.89. The van der Waals surface area contributed by atoms with Crippen molar-refractivity contribution in [3.05, 3.63) is 35.9 Å². The van der Waals surface area contributed by atoms with Crippen molar-refractivity contribution in [1.29, 1.82) is 0 Å². The van der Waals surface area contributed by atoms with Crippen LogP contribution in [-0.2, 0) is 21.4 Å². The largest absolute Gasteiger partial charge is 0.375 e. The van der Waals surface area contributed by atoms with Crippen LogP contribution >= 0.6 is 0 Å². The molecule has 0 fully saturated rings. The number of benzene rings is 1. The van der Waals surface area contributed by atoms with E-state index in [-0.39, 0.29) is 5.75 Å². The molecule has 0 spiro atoms. The highest BCUT2D eigenvalue weighted by Crippen LogP contribution is 2.09. The summed E-state index contributed by atoms with van der Waals surface area (Å²) in [6.07, 6.45) is 0. The van der Waals surface area contributed by atoms with Crippen molar-refractivity contribution in [3.63, 3.8) is 0 Å². The minimum atomic E-state index is -3.16. The van der Waals surface area contributed by atoms with E-state index >= 15 is 0 Å². The lowest BCUT2D eigenvalue weighted by Gasteiger charge is -2.15. The van der Waals surface area contributed by atoms with E-state index in [1.54, 1.807) is 0 Å². The normalized spacial score (nSPS) is 12.6. The summed E-state index contributed by atoms with van der Waals surface area (Å²) in [6.45, 7) is 7.75. The van der Waals surface area contributed by atoms with Gasteiger partial charge in [-0.05, 0) is 11.6 Å². The lowest BCUT2D eigenvalue weighted by atomic mass is 10.2. The van der Waals surface area contributed by atoms with E-state index in [9.17, 15) is 8.42 Å². The number of rotatable bonds is 9. The zero-order valence-electron chi connectivity index (χ0n) is 12.6. The molecule has 0 aliphatic heterocycles. The molecule has 1 N–H and O–H groups in total. The Balaban J connectivity index is 2.17. The molecule has 4 nitrogen and oxygen atoms in total. The standard InChI is InChI=1S/C14H25NO3SSi/c1-20(2,3)12-11-19(16,17)15-9-10-18-13-14-7-5-4-6-8-14/h4-8,15H,9-13H2,1-3H3. The van der Waals surface area contributed by atoms with Gasteiger partial charge in [0.2, 0.25) is 10.0 Å². The third-order valence-electron chi connectivity index (χ3n) is 2.80. The third-order valence-corrected chi connectivity index (χ3v) is 6.30. The predicted molar refractivity (Wildman–Crippen MR) is 86.0 cm³/mol. The summed E-state index contributed by atoms with van der Waals surface area (Å²) in [5, 5.41) is 0. The quantitative estimate of drug-likeness (QED) is 0.562. The van der Waals surface area contributed by atoms with E-state index < -0.39 is 18.1 Å². The molecule has 1 aromatic carbocycles. The first-order valence-corrected chi connectivity index (χ1v) is 12.2. The molecule has 0 bridgehead atoms. The highest BCUT2D eigenvalue weighted by Gasteiger charge is 2.18. The van der Waals surface area contributed by atoms with Gasteiger partial charge in [0, 0.05) is 14.6 Å². The summed E-state index contributed by atoms with van der Waals surface area (Å²) in [4.78, 5) is 0. The number of nitrogens with one attached hydrogen (secondary N) is 1. The summed E-state index contributed by atoms with van der Waals surface area (Å²) in [6, 6.07) is 10.6. The average Bonchev–Trinajstić information content (AvgIpc) is 2.37. The summed E-state index contributed by atoms with van der Waals surface area (Å²) in [7, 11) is -4.47. The van der Waals surface area contributed by atoms with Crippen LogP contribution in [0.2, 0.25) is 25.7 Å². The van der Waals surface area contributed by atoms with Gasteiger partial charge in [-0.2, -0.15) is 0 Å². The first-order valence-electron chi connectivity index (χ1n) is 6.87. The summed E-state index contributed by atoms with van der Waals surface area (Å²) in [5.41, 5.74) is 1.09. The first kappa shape index (κ1) is 17.4. The molecular weight excluding hydrogens is 290 g/mol. The van der Waals surface area contributed by atoms with Crippen LogP contribution < -0.4 is 4.72 Å². The fraction of sp³-hybridized carbons (Fsp3) is 0.571. The van der Waals surface area contributed by atoms with Gasteiger partial charge in [0.25, 0.3) is 0 Å². The molecule has 1 rings (SSSR count). The summed E-state index contributed by atoms with van der Waals surface area (Å²) in [5.74, 6) is 0.224. The molecule has 114 valence electrons. The zero-order chi connectivity index (χ0) is 15.1. The monoisotopic (exact) mass is 315 g/mol. The molecule has 20 heavy (non-hydrogen) atoms. The van der Waals surface area contributed by atoms with E-state index in [0.717, 1.165) is 11.6 Å². The van der Waals surface area contributed by atoms with Gasteiger partial charge >= 0.3 is 0 Å². The molecule has 0 unspecified atom stereocenters. The Labute approximate surface area is 123 Å². The van der Waals surface area contributed by atoms with Gasteiger partial charge < -0.3 is 4.74 Å². The van der Waals surface area contributed by atoms with E-state index in [1.807, 2.05) is 30.3 Å². The lowest BCUT2D eigenvalue weighted by molar-refractivity contribution is 0.126. The second-order valence-corrected chi connectivity index (χ2v) is 13.6. The number of ether oxygens (including phenoxy) is 1.